The number of esters is 1. The van der Waals surface area contributed by atoms with Gasteiger partial charge in [-0.1, -0.05) is 18.2 Å². The molecule has 0 radical (unpaired) electrons. The van der Waals surface area contributed by atoms with Crippen molar-refractivity contribution in [2.75, 3.05) is 6.61 Å². The lowest BCUT2D eigenvalue weighted by Gasteiger charge is -2.02. The van der Waals surface area contributed by atoms with Crippen molar-refractivity contribution in [2.45, 2.75) is 20.0 Å². The highest BCUT2D eigenvalue weighted by Crippen LogP contribution is 2.13. The average Bonchev–Trinajstić information content (AvgIpc) is 2.30. The Morgan fingerprint density at radius 1 is 1.53 bits per heavy atom. The first-order valence-corrected chi connectivity index (χ1v) is 5.38. The van der Waals surface area contributed by atoms with Gasteiger partial charge in [0.15, 0.2) is 0 Å². The van der Waals surface area contributed by atoms with Gasteiger partial charge >= 0.3 is 5.97 Å². The minimum absolute atomic E-state index is 0.134. The molecule has 0 aliphatic carbocycles. The van der Waals surface area contributed by atoms with Gasteiger partial charge in [-0.15, -0.1) is 0 Å². The third-order valence-corrected chi connectivity index (χ3v) is 2.17. The summed E-state index contributed by atoms with van der Waals surface area (Å²) in [6.07, 6.45) is 3.33. The van der Waals surface area contributed by atoms with Gasteiger partial charge in [0.25, 0.3) is 0 Å². The van der Waals surface area contributed by atoms with Crippen molar-refractivity contribution in [3.8, 4) is 0 Å². The lowest BCUT2D eigenvalue weighted by molar-refractivity contribution is -0.142. The lowest BCUT2D eigenvalue weighted by atomic mass is 10.1. The summed E-state index contributed by atoms with van der Waals surface area (Å²) >= 11 is 0. The summed E-state index contributed by atoms with van der Waals surface area (Å²) in [5.41, 5.74) is 1.18. The summed E-state index contributed by atoms with van der Waals surface area (Å²) in [5, 5.41) is 9.05. The second kappa shape index (κ2) is 6.81. The molecule has 1 rings (SSSR count). The zero-order chi connectivity index (χ0) is 12.7. The van der Waals surface area contributed by atoms with Crippen LogP contribution in [-0.4, -0.2) is 17.7 Å². The number of hydrogen-bond donors (Lipinski definition) is 1. The Labute approximate surface area is 99.5 Å². The molecule has 1 aromatic carbocycles. The van der Waals surface area contributed by atoms with Gasteiger partial charge < -0.3 is 9.84 Å². The number of carbonyl (C=O) groups is 1. The van der Waals surface area contributed by atoms with Crippen LogP contribution in [0, 0.1) is 5.82 Å². The molecule has 0 spiro atoms. The van der Waals surface area contributed by atoms with E-state index in [0.29, 0.717) is 17.7 Å². The fraction of sp³-hybridized carbons (Fsp3) is 0.308. The summed E-state index contributed by atoms with van der Waals surface area (Å²) < 4.78 is 17.7. The van der Waals surface area contributed by atoms with Gasteiger partial charge in [0, 0.05) is 0 Å². The Morgan fingerprint density at radius 2 is 2.29 bits per heavy atom. The van der Waals surface area contributed by atoms with Gasteiger partial charge in [-0.2, -0.15) is 0 Å². The summed E-state index contributed by atoms with van der Waals surface area (Å²) in [6, 6.07) is 4.11. The highest BCUT2D eigenvalue weighted by atomic mass is 19.1. The van der Waals surface area contributed by atoms with Crippen LogP contribution < -0.4 is 0 Å². The van der Waals surface area contributed by atoms with E-state index < -0.39 is 0 Å². The number of halogens is 1. The normalized spacial score (nSPS) is 10.8. The third kappa shape index (κ3) is 4.36. The summed E-state index contributed by atoms with van der Waals surface area (Å²) in [7, 11) is 0. The van der Waals surface area contributed by atoms with Crippen LogP contribution in [0.1, 0.15) is 24.5 Å². The van der Waals surface area contributed by atoms with Crippen molar-refractivity contribution >= 4 is 12.0 Å². The number of aliphatic hydroxyl groups excluding tert-OH is 1. The summed E-state index contributed by atoms with van der Waals surface area (Å²) in [4.78, 5) is 11.1. The van der Waals surface area contributed by atoms with E-state index in [-0.39, 0.29) is 24.8 Å². The van der Waals surface area contributed by atoms with E-state index in [1.807, 2.05) is 0 Å². The summed E-state index contributed by atoms with van der Waals surface area (Å²) in [5.74, 6) is -0.705. The van der Waals surface area contributed by atoms with Gasteiger partial charge in [-0.05, 0) is 30.2 Å². The second-order valence-electron chi connectivity index (χ2n) is 3.41. The molecule has 4 heteroatoms. The maximum atomic E-state index is 13.0. The van der Waals surface area contributed by atoms with E-state index >= 15 is 0 Å². The van der Waals surface area contributed by atoms with Crippen molar-refractivity contribution in [2.24, 2.45) is 0 Å². The van der Waals surface area contributed by atoms with Gasteiger partial charge in [0.2, 0.25) is 0 Å². The Balaban J connectivity index is 2.70. The fourth-order valence-electron chi connectivity index (χ4n) is 1.37. The highest BCUT2D eigenvalue weighted by molar-refractivity contribution is 5.72. The molecule has 1 N–H and O–H groups in total. The predicted octanol–water partition coefficient (Wildman–Crippen LogP) is 2.28. The second-order valence-corrected chi connectivity index (χ2v) is 3.41. The number of benzene rings is 1. The van der Waals surface area contributed by atoms with Gasteiger partial charge in [0.05, 0.1) is 19.6 Å². The van der Waals surface area contributed by atoms with Gasteiger partial charge in [0.1, 0.15) is 5.82 Å². The van der Waals surface area contributed by atoms with E-state index in [1.165, 1.54) is 18.2 Å². The molecule has 3 nitrogen and oxygen atoms in total. The van der Waals surface area contributed by atoms with Crippen molar-refractivity contribution in [3.63, 3.8) is 0 Å². The molecule has 0 unspecified atom stereocenters. The Hall–Kier alpha value is -1.68. The number of ether oxygens (including phenoxy) is 1. The number of aliphatic hydroxyl groups is 1. The molecule has 0 aliphatic heterocycles. The van der Waals surface area contributed by atoms with Crippen LogP contribution in [0.2, 0.25) is 0 Å². The monoisotopic (exact) mass is 238 g/mol. The maximum absolute atomic E-state index is 13.0. The van der Waals surface area contributed by atoms with Crippen LogP contribution in [0.5, 0.6) is 0 Å². The van der Waals surface area contributed by atoms with Crippen LogP contribution in [-0.2, 0) is 16.1 Å². The van der Waals surface area contributed by atoms with Crippen LogP contribution in [0.3, 0.4) is 0 Å². The standard InChI is InChI=1S/C13H15FO3/c1-2-17-13(16)5-3-4-10-8-12(14)7-6-11(10)9-15/h3-4,6-8,15H,2,5,9H2,1H3. The highest BCUT2D eigenvalue weighted by Gasteiger charge is 2.01. The molecule has 0 amide bonds. The van der Waals surface area contributed by atoms with Crippen molar-refractivity contribution in [1.29, 1.82) is 0 Å². The number of rotatable bonds is 5. The molecule has 92 valence electrons. The van der Waals surface area contributed by atoms with Gasteiger partial charge in [-0.25, -0.2) is 4.39 Å². The van der Waals surface area contributed by atoms with Crippen molar-refractivity contribution in [3.05, 3.63) is 41.2 Å². The van der Waals surface area contributed by atoms with Gasteiger partial charge in [-0.3, -0.25) is 4.79 Å². The van der Waals surface area contributed by atoms with Crippen molar-refractivity contribution < 1.29 is 19.0 Å². The molecule has 0 heterocycles. The first kappa shape index (κ1) is 13.4. The molecule has 0 saturated carbocycles. The molecule has 17 heavy (non-hydrogen) atoms. The Kier molecular flexibility index (Phi) is 5.36. The Bertz CT molecular complexity index is 413. The van der Waals surface area contributed by atoms with E-state index in [1.54, 1.807) is 19.1 Å². The molecule has 1 aromatic rings. The SMILES string of the molecule is CCOC(=O)CC=Cc1cc(F)ccc1CO. The zero-order valence-corrected chi connectivity index (χ0v) is 9.65. The lowest BCUT2D eigenvalue weighted by Crippen LogP contribution is -2.01. The third-order valence-electron chi connectivity index (χ3n) is 2.17. The van der Waals surface area contributed by atoms with Crippen LogP contribution in [0.15, 0.2) is 24.3 Å². The van der Waals surface area contributed by atoms with E-state index in [4.69, 9.17) is 9.84 Å². The maximum Gasteiger partial charge on any atom is 0.309 e. The number of hydrogen-bond acceptors (Lipinski definition) is 3. The predicted molar refractivity (Wildman–Crippen MR) is 62.6 cm³/mol. The summed E-state index contributed by atoms with van der Waals surface area (Å²) in [6.45, 7) is 1.91. The smallest absolute Gasteiger partial charge is 0.309 e. The van der Waals surface area contributed by atoms with E-state index in [9.17, 15) is 9.18 Å². The van der Waals surface area contributed by atoms with Crippen LogP contribution in [0.25, 0.3) is 6.08 Å². The molecule has 0 aliphatic rings. The minimum atomic E-state index is -0.377. The number of carbonyl (C=O) groups excluding carboxylic acids is 1. The largest absolute Gasteiger partial charge is 0.466 e. The minimum Gasteiger partial charge on any atom is -0.466 e. The average molecular weight is 238 g/mol. The molecule has 0 atom stereocenters. The van der Waals surface area contributed by atoms with Crippen LogP contribution in [0.4, 0.5) is 4.39 Å². The molecular weight excluding hydrogens is 223 g/mol. The van der Waals surface area contributed by atoms with Crippen molar-refractivity contribution in [1.82, 2.24) is 0 Å². The molecular formula is C13H15FO3. The first-order valence-electron chi connectivity index (χ1n) is 5.38. The molecule has 0 saturated heterocycles. The van der Waals surface area contributed by atoms with E-state index in [0.717, 1.165) is 0 Å². The topological polar surface area (TPSA) is 46.5 Å². The molecule has 0 bridgehead atoms. The van der Waals surface area contributed by atoms with E-state index in [2.05, 4.69) is 0 Å². The quantitative estimate of drug-likeness (QED) is 0.800. The zero-order valence-electron chi connectivity index (χ0n) is 9.65. The Morgan fingerprint density at radius 3 is 2.94 bits per heavy atom. The molecule has 0 aromatic heterocycles. The molecule has 0 fully saturated rings. The first-order chi connectivity index (χ1) is 8.17. The van der Waals surface area contributed by atoms with Crippen LogP contribution >= 0.6 is 0 Å². The fourth-order valence-corrected chi connectivity index (χ4v) is 1.37.